The molecule has 6 nitrogen and oxygen atoms in total. The first-order valence-corrected chi connectivity index (χ1v) is 6.91. The van der Waals surface area contributed by atoms with E-state index in [4.69, 9.17) is 0 Å². The number of hydrogen-bond acceptors (Lipinski definition) is 4. The van der Waals surface area contributed by atoms with E-state index in [1.54, 1.807) is 25.1 Å². The first-order valence-electron chi connectivity index (χ1n) is 6.91. The number of carbonyl (C=O) groups excluding carboxylic acids is 2. The highest BCUT2D eigenvalue weighted by molar-refractivity contribution is 5.88. The lowest BCUT2D eigenvalue weighted by molar-refractivity contribution is -0.141. The lowest BCUT2D eigenvalue weighted by Gasteiger charge is -2.26. The molecule has 2 amide bonds. The van der Waals surface area contributed by atoms with Crippen molar-refractivity contribution in [3.63, 3.8) is 0 Å². The van der Waals surface area contributed by atoms with Crippen LogP contribution in [0.25, 0.3) is 0 Å². The molecule has 1 aromatic rings. The fourth-order valence-corrected chi connectivity index (χ4v) is 2.58. The van der Waals surface area contributed by atoms with E-state index in [9.17, 15) is 19.8 Å². The summed E-state index contributed by atoms with van der Waals surface area (Å²) in [6, 6.07) is 3.92. The quantitative estimate of drug-likeness (QED) is 0.804. The van der Waals surface area contributed by atoms with Crippen LogP contribution < -0.4 is 0 Å². The van der Waals surface area contributed by atoms with Gasteiger partial charge in [0.2, 0.25) is 11.8 Å². The third kappa shape index (κ3) is 3.26. The standard InChI is InChI=1S/C15H20N2O4/c1-16(2)15(21)11-4-3-7-17(11)14(20)9-10-5-6-12(18)13(19)8-10/h5-6,8,11,18-19H,3-4,7,9H2,1-2H3/t11-/m0/s1. The van der Waals surface area contributed by atoms with Crippen LogP contribution in [0, 0.1) is 0 Å². The van der Waals surface area contributed by atoms with Crippen molar-refractivity contribution in [2.24, 2.45) is 0 Å². The van der Waals surface area contributed by atoms with E-state index in [0.717, 1.165) is 6.42 Å². The number of carbonyl (C=O) groups is 2. The topological polar surface area (TPSA) is 81.1 Å². The fraction of sp³-hybridized carbons (Fsp3) is 0.467. The van der Waals surface area contributed by atoms with Crippen LogP contribution in [0.1, 0.15) is 18.4 Å². The smallest absolute Gasteiger partial charge is 0.244 e. The van der Waals surface area contributed by atoms with Gasteiger partial charge in [-0.05, 0) is 30.5 Å². The molecule has 1 fully saturated rings. The molecule has 0 aromatic heterocycles. The summed E-state index contributed by atoms with van der Waals surface area (Å²) in [5.41, 5.74) is 0.609. The second-order valence-electron chi connectivity index (χ2n) is 5.48. The summed E-state index contributed by atoms with van der Waals surface area (Å²) in [5, 5.41) is 18.7. The molecule has 0 unspecified atom stereocenters. The van der Waals surface area contributed by atoms with E-state index >= 15 is 0 Å². The van der Waals surface area contributed by atoms with Gasteiger partial charge in [-0.3, -0.25) is 9.59 Å². The van der Waals surface area contributed by atoms with Gasteiger partial charge in [-0.2, -0.15) is 0 Å². The molecule has 0 saturated carbocycles. The molecule has 0 aliphatic carbocycles. The molecule has 1 aliphatic heterocycles. The van der Waals surface area contributed by atoms with Crippen LogP contribution in [0.15, 0.2) is 18.2 Å². The van der Waals surface area contributed by atoms with Gasteiger partial charge in [-0.15, -0.1) is 0 Å². The van der Waals surface area contributed by atoms with E-state index in [1.807, 2.05) is 0 Å². The van der Waals surface area contributed by atoms with Crippen LogP contribution in [0.4, 0.5) is 0 Å². The third-order valence-electron chi connectivity index (χ3n) is 3.69. The van der Waals surface area contributed by atoms with Crippen LogP contribution in [0.2, 0.25) is 0 Å². The molecule has 1 aliphatic rings. The zero-order valence-electron chi connectivity index (χ0n) is 12.2. The minimum Gasteiger partial charge on any atom is -0.504 e. The Morgan fingerprint density at radius 3 is 2.62 bits per heavy atom. The van der Waals surface area contributed by atoms with Gasteiger partial charge < -0.3 is 20.0 Å². The zero-order valence-corrected chi connectivity index (χ0v) is 12.2. The number of benzene rings is 1. The van der Waals surface area contributed by atoms with Crippen molar-refractivity contribution in [3.8, 4) is 11.5 Å². The molecule has 1 saturated heterocycles. The minimum atomic E-state index is -0.391. The molecule has 21 heavy (non-hydrogen) atoms. The molecule has 0 spiro atoms. The van der Waals surface area contributed by atoms with E-state index in [-0.39, 0.29) is 29.7 Å². The molecular formula is C15H20N2O4. The molecule has 2 rings (SSSR count). The first-order chi connectivity index (χ1) is 9.90. The average molecular weight is 292 g/mol. The third-order valence-corrected chi connectivity index (χ3v) is 3.69. The SMILES string of the molecule is CN(C)C(=O)[C@@H]1CCCN1C(=O)Cc1ccc(O)c(O)c1. The summed E-state index contributed by atoms with van der Waals surface area (Å²) in [6.45, 7) is 0.577. The number of phenols is 2. The second kappa shape index (κ2) is 6.03. The van der Waals surface area contributed by atoms with E-state index in [0.29, 0.717) is 18.5 Å². The van der Waals surface area contributed by atoms with E-state index in [1.165, 1.54) is 17.0 Å². The Hall–Kier alpha value is -2.24. The lowest BCUT2D eigenvalue weighted by Crippen LogP contribution is -2.45. The predicted molar refractivity (Wildman–Crippen MR) is 76.9 cm³/mol. The van der Waals surface area contributed by atoms with Crippen LogP contribution in [0.3, 0.4) is 0 Å². The Bertz CT molecular complexity index is 557. The van der Waals surface area contributed by atoms with Gasteiger partial charge >= 0.3 is 0 Å². The van der Waals surface area contributed by atoms with Crippen LogP contribution in [0.5, 0.6) is 11.5 Å². The van der Waals surface area contributed by atoms with Crippen molar-refractivity contribution < 1.29 is 19.8 Å². The van der Waals surface area contributed by atoms with Crippen LogP contribution >= 0.6 is 0 Å². The van der Waals surface area contributed by atoms with Crippen molar-refractivity contribution in [1.29, 1.82) is 0 Å². The number of likely N-dealkylation sites (N-methyl/N-ethyl adjacent to an activating group) is 1. The fourth-order valence-electron chi connectivity index (χ4n) is 2.58. The molecule has 6 heteroatoms. The number of phenolic OH excluding ortho intramolecular Hbond substituents is 2. The molecular weight excluding hydrogens is 272 g/mol. The molecule has 2 N–H and O–H groups in total. The maximum Gasteiger partial charge on any atom is 0.244 e. The summed E-state index contributed by atoms with van der Waals surface area (Å²) in [7, 11) is 3.36. The van der Waals surface area contributed by atoms with Crippen molar-refractivity contribution in [2.45, 2.75) is 25.3 Å². The maximum atomic E-state index is 12.4. The number of hydrogen-bond donors (Lipinski definition) is 2. The maximum absolute atomic E-state index is 12.4. The molecule has 0 radical (unpaired) electrons. The minimum absolute atomic E-state index is 0.0607. The van der Waals surface area contributed by atoms with Crippen molar-refractivity contribution in [2.75, 3.05) is 20.6 Å². The summed E-state index contributed by atoms with van der Waals surface area (Å²) < 4.78 is 0. The highest BCUT2D eigenvalue weighted by Crippen LogP contribution is 2.26. The van der Waals surface area contributed by atoms with Crippen LogP contribution in [-0.2, 0) is 16.0 Å². The second-order valence-corrected chi connectivity index (χ2v) is 5.48. The lowest BCUT2D eigenvalue weighted by atomic mass is 10.1. The van der Waals surface area contributed by atoms with Crippen LogP contribution in [-0.4, -0.2) is 58.5 Å². The predicted octanol–water partition coefficient (Wildman–Crippen LogP) is 0.719. The normalized spacial score (nSPS) is 17.8. The number of nitrogens with zero attached hydrogens (tertiary/aromatic N) is 2. The molecule has 1 atom stereocenters. The van der Waals surface area contributed by atoms with Gasteiger partial charge in [0.15, 0.2) is 11.5 Å². The number of likely N-dealkylation sites (tertiary alicyclic amines) is 1. The Morgan fingerprint density at radius 2 is 2.00 bits per heavy atom. The van der Waals surface area contributed by atoms with Gasteiger partial charge in [-0.25, -0.2) is 0 Å². The summed E-state index contributed by atoms with van der Waals surface area (Å²) >= 11 is 0. The molecule has 1 aromatic carbocycles. The number of amides is 2. The summed E-state index contributed by atoms with van der Waals surface area (Å²) in [5.74, 6) is -0.664. The van der Waals surface area contributed by atoms with Crippen molar-refractivity contribution in [3.05, 3.63) is 23.8 Å². The number of rotatable bonds is 3. The highest BCUT2D eigenvalue weighted by atomic mass is 16.3. The Labute approximate surface area is 123 Å². The average Bonchev–Trinajstić information content (AvgIpc) is 2.91. The summed E-state index contributed by atoms with van der Waals surface area (Å²) in [4.78, 5) is 27.5. The largest absolute Gasteiger partial charge is 0.504 e. The zero-order chi connectivity index (χ0) is 15.6. The van der Waals surface area contributed by atoms with E-state index < -0.39 is 6.04 Å². The van der Waals surface area contributed by atoms with Gasteiger partial charge in [0.25, 0.3) is 0 Å². The van der Waals surface area contributed by atoms with Crippen molar-refractivity contribution >= 4 is 11.8 Å². The Balaban J connectivity index is 2.08. The molecule has 0 bridgehead atoms. The molecule has 1 heterocycles. The van der Waals surface area contributed by atoms with Gasteiger partial charge in [-0.1, -0.05) is 6.07 Å². The van der Waals surface area contributed by atoms with Gasteiger partial charge in [0.1, 0.15) is 6.04 Å². The Morgan fingerprint density at radius 1 is 1.29 bits per heavy atom. The first kappa shape index (κ1) is 15.2. The summed E-state index contributed by atoms with van der Waals surface area (Å²) in [6.07, 6.45) is 1.60. The van der Waals surface area contributed by atoms with Gasteiger partial charge in [0, 0.05) is 20.6 Å². The highest BCUT2D eigenvalue weighted by Gasteiger charge is 2.34. The Kier molecular flexibility index (Phi) is 4.35. The molecule has 114 valence electrons. The monoisotopic (exact) mass is 292 g/mol. The number of aromatic hydroxyl groups is 2. The van der Waals surface area contributed by atoms with Crippen molar-refractivity contribution in [1.82, 2.24) is 9.80 Å². The van der Waals surface area contributed by atoms with E-state index in [2.05, 4.69) is 0 Å². The van der Waals surface area contributed by atoms with Gasteiger partial charge in [0.05, 0.1) is 6.42 Å².